The van der Waals surface area contributed by atoms with Gasteiger partial charge in [-0.15, -0.1) is 0 Å². The van der Waals surface area contributed by atoms with E-state index in [-0.39, 0.29) is 10.5 Å². The van der Waals surface area contributed by atoms with Gasteiger partial charge in [-0.2, -0.15) is 4.31 Å². The number of para-hydroxylation sites is 1. The molecule has 1 aliphatic heterocycles. The van der Waals surface area contributed by atoms with E-state index in [1.807, 2.05) is 12.1 Å². The Hall–Kier alpha value is -3.53. The third kappa shape index (κ3) is 4.38. The minimum absolute atomic E-state index is 0.201. The van der Waals surface area contributed by atoms with Crippen LogP contribution in [0.5, 0.6) is 0 Å². The Kier molecular flexibility index (Phi) is 5.67. The summed E-state index contributed by atoms with van der Waals surface area (Å²) in [6.45, 7) is 1.52. The second-order valence-corrected chi connectivity index (χ2v) is 9.48. The van der Waals surface area contributed by atoms with Gasteiger partial charge in [0.15, 0.2) is 0 Å². The monoisotopic (exact) mass is 463 g/mol. The Morgan fingerprint density at radius 2 is 1.70 bits per heavy atom. The van der Waals surface area contributed by atoms with Crippen LogP contribution in [0.25, 0.3) is 34.4 Å². The van der Waals surface area contributed by atoms with Crippen molar-refractivity contribution in [2.24, 2.45) is 0 Å². The number of furan rings is 1. The molecule has 2 aromatic heterocycles. The van der Waals surface area contributed by atoms with Crippen LogP contribution >= 0.6 is 0 Å². The van der Waals surface area contributed by atoms with E-state index < -0.39 is 10.0 Å². The van der Waals surface area contributed by atoms with Crippen molar-refractivity contribution in [3.8, 4) is 11.3 Å². The number of aromatic amines is 1. The Labute approximate surface area is 190 Å². The molecule has 1 N–H and O–H groups in total. The fraction of sp³-hybridized carbons (Fsp3) is 0.167. The van der Waals surface area contributed by atoms with Crippen LogP contribution in [-0.2, 0) is 14.8 Å². The topological polar surface area (TPSA) is 106 Å². The number of ether oxygens (including phenoxy) is 1. The molecule has 4 aromatic rings. The van der Waals surface area contributed by atoms with Crippen molar-refractivity contribution in [2.75, 3.05) is 26.3 Å². The van der Waals surface area contributed by atoms with Gasteiger partial charge >= 0.3 is 0 Å². The van der Waals surface area contributed by atoms with Crippen LogP contribution in [0.15, 0.2) is 74.8 Å². The highest BCUT2D eigenvalue weighted by Gasteiger charge is 2.26. The molecule has 0 amide bonds. The average Bonchev–Trinajstić information content (AvgIpc) is 3.33. The van der Waals surface area contributed by atoms with Crippen molar-refractivity contribution < 1.29 is 17.6 Å². The summed E-state index contributed by atoms with van der Waals surface area (Å²) in [7, 11) is -3.54. The molecule has 0 unspecified atom stereocenters. The van der Waals surface area contributed by atoms with Gasteiger partial charge in [0, 0.05) is 18.7 Å². The van der Waals surface area contributed by atoms with Gasteiger partial charge in [-0.1, -0.05) is 12.1 Å². The van der Waals surface area contributed by atoms with Gasteiger partial charge in [0.25, 0.3) is 5.56 Å². The first-order valence-electron chi connectivity index (χ1n) is 10.5. The summed E-state index contributed by atoms with van der Waals surface area (Å²) >= 11 is 0. The molecule has 0 radical (unpaired) electrons. The number of hydrogen-bond acceptors (Lipinski definition) is 6. The van der Waals surface area contributed by atoms with Crippen LogP contribution in [0.2, 0.25) is 0 Å². The molecule has 0 aliphatic carbocycles. The fourth-order valence-corrected chi connectivity index (χ4v) is 5.08. The first-order valence-corrected chi connectivity index (χ1v) is 11.9. The second kappa shape index (κ2) is 8.78. The molecule has 33 heavy (non-hydrogen) atoms. The number of hydrogen-bond donors (Lipinski definition) is 1. The van der Waals surface area contributed by atoms with Gasteiger partial charge in [0.2, 0.25) is 10.0 Å². The molecule has 0 saturated carbocycles. The van der Waals surface area contributed by atoms with E-state index in [0.717, 1.165) is 5.56 Å². The lowest BCUT2D eigenvalue weighted by atomic mass is 10.2. The maximum atomic E-state index is 12.8. The van der Waals surface area contributed by atoms with Crippen LogP contribution in [0.1, 0.15) is 11.6 Å². The normalized spacial score (nSPS) is 15.4. The Morgan fingerprint density at radius 3 is 2.48 bits per heavy atom. The number of aromatic nitrogens is 2. The molecule has 1 fully saturated rings. The Balaban J connectivity index is 1.34. The smallest absolute Gasteiger partial charge is 0.259 e. The van der Waals surface area contributed by atoms with E-state index in [2.05, 4.69) is 9.97 Å². The number of nitrogens with zero attached hydrogens (tertiary/aromatic N) is 2. The summed E-state index contributed by atoms with van der Waals surface area (Å²) in [5.41, 5.74) is 1.17. The van der Waals surface area contributed by atoms with Crippen molar-refractivity contribution in [1.29, 1.82) is 0 Å². The van der Waals surface area contributed by atoms with Crippen LogP contribution < -0.4 is 5.56 Å². The average molecular weight is 464 g/mol. The summed E-state index contributed by atoms with van der Waals surface area (Å²) in [5, 5.41) is 0.536. The lowest BCUT2D eigenvalue weighted by Crippen LogP contribution is -2.40. The minimum Gasteiger partial charge on any atom is -0.457 e. The highest BCUT2D eigenvalue weighted by molar-refractivity contribution is 7.89. The van der Waals surface area contributed by atoms with Crippen LogP contribution in [-0.4, -0.2) is 49.0 Å². The van der Waals surface area contributed by atoms with Crippen molar-refractivity contribution in [2.45, 2.75) is 4.90 Å². The van der Waals surface area contributed by atoms with Crippen molar-refractivity contribution in [3.63, 3.8) is 0 Å². The number of nitrogens with one attached hydrogen (secondary N) is 1. The fourth-order valence-electron chi connectivity index (χ4n) is 3.67. The molecule has 168 valence electrons. The minimum atomic E-state index is -3.54. The summed E-state index contributed by atoms with van der Waals surface area (Å²) in [5.74, 6) is 1.60. The van der Waals surface area contributed by atoms with Gasteiger partial charge < -0.3 is 14.1 Å². The number of benzene rings is 2. The van der Waals surface area contributed by atoms with Crippen molar-refractivity contribution in [3.05, 3.63) is 82.6 Å². The molecule has 3 heterocycles. The van der Waals surface area contributed by atoms with Gasteiger partial charge in [0.1, 0.15) is 17.3 Å². The zero-order chi connectivity index (χ0) is 22.8. The molecule has 9 heteroatoms. The van der Waals surface area contributed by atoms with Crippen molar-refractivity contribution >= 4 is 33.1 Å². The van der Waals surface area contributed by atoms with Crippen molar-refractivity contribution in [1.82, 2.24) is 14.3 Å². The van der Waals surface area contributed by atoms with Crippen LogP contribution in [0.3, 0.4) is 0 Å². The van der Waals surface area contributed by atoms with E-state index >= 15 is 0 Å². The quantitative estimate of drug-likeness (QED) is 0.487. The number of H-pyrrole nitrogens is 1. The predicted octanol–water partition coefficient (Wildman–Crippen LogP) is 3.37. The van der Waals surface area contributed by atoms with E-state index in [0.29, 0.717) is 54.6 Å². The second-order valence-electron chi connectivity index (χ2n) is 7.54. The van der Waals surface area contributed by atoms with Crippen LogP contribution in [0.4, 0.5) is 0 Å². The van der Waals surface area contributed by atoms with Crippen LogP contribution in [0, 0.1) is 0 Å². The number of morpholine rings is 1. The molecule has 0 bridgehead atoms. The molecule has 1 aliphatic rings. The molecule has 1 saturated heterocycles. The summed E-state index contributed by atoms with van der Waals surface area (Å²) in [4.78, 5) is 19.6. The van der Waals surface area contributed by atoms with E-state index in [1.54, 1.807) is 60.7 Å². The SMILES string of the molecule is O=c1[nH]c(/C=C/c2ccc(-c3ccc(S(=O)(=O)N4CCOCC4)cc3)o2)nc2ccccc12. The molecule has 8 nitrogen and oxygen atoms in total. The molecule has 0 spiro atoms. The highest BCUT2D eigenvalue weighted by atomic mass is 32.2. The Morgan fingerprint density at radius 1 is 0.939 bits per heavy atom. The highest BCUT2D eigenvalue weighted by Crippen LogP contribution is 2.26. The molecular weight excluding hydrogens is 442 g/mol. The van der Waals surface area contributed by atoms with Gasteiger partial charge in [-0.05, 0) is 60.7 Å². The maximum Gasteiger partial charge on any atom is 0.259 e. The van der Waals surface area contributed by atoms with E-state index in [9.17, 15) is 13.2 Å². The number of rotatable bonds is 5. The zero-order valence-corrected chi connectivity index (χ0v) is 18.4. The van der Waals surface area contributed by atoms with Gasteiger partial charge in [-0.25, -0.2) is 13.4 Å². The van der Waals surface area contributed by atoms with E-state index in [4.69, 9.17) is 9.15 Å². The number of fused-ring (bicyclic) bond motifs is 1. The predicted molar refractivity (Wildman–Crippen MR) is 125 cm³/mol. The largest absolute Gasteiger partial charge is 0.457 e. The van der Waals surface area contributed by atoms with Gasteiger partial charge in [0.05, 0.1) is 29.0 Å². The lowest BCUT2D eigenvalue weighted by molar-refractivity contribution is 0.0730. The van der Waals surface area contributed by atoms with E-state index in [1.165, 1.54) is 4.31 Å². The maximum absolute atomic E-state index is 12.8. The lowest BCUT2D eigenvalue weighted by Gasteiger charge is -2.26. The standard InChI is InChI=1S/C24H21N3O5S/c28-24-20-3-1-2-4-21(20)25-23(26-24)12-8-18-7-11-22(32-18)17-5-9-19(10-6-17)33(29,30)27-13-15-31-16-14-27/h1-12H,13-16H2,(H,25,26,28)/b12-8+. The molecule has 5 rings (SSSR count). The zero-order valence-electron chi connectivity index (χ0n) is 17.6. The third-order valence-electron chi connectivity index (χ3n) is 5.41. The summed E-state index contributed by atoms with van der Waals surface area (Å²) in [6, 6.07) is 17.4. The van der Waals surface area contributed by atoms with Gasteiger partial charge in [-0.3, -0.25) is 4.79 Å². The summed E-state index contributed by atoms with van der Waals surface area (Å²) < 4.78 is 38.1. The number of sulfonamides is 1. The molecule has 0 atom stereocenters. The molecule has 2 aromatic carbocycles. The molecular formula is C24H21N3O5S. The summed E-state index contributed by atoms with van der Waals surface area (Å²) in [6.07, 6.45) is 3.39. The first kappa shape index (κ1) is 21.3. The Bertz CT molecular complexity index is 1480. The first-order chi connectivity index (χ1) is 16.0. The third-order valence-corrected chi connectivity index (χ3v) is 7.32.